The number of carbonyl (C=O) groups excluding carboxylic acids is 1. The second-order valence-corrected chi connectivity index (χ2v) is 10.8. The van der Waals surface area contributed by atoms with E-state index in [1.165, 1.54) is 0 Å². The lowest BCUT2D eigenvalue weighted by molar-refractivity contribution is 0.102. The van der Waals surface area contributed by atoms with E-state index in [4.69, 9.17) is 5.11 Å². The minimum Gasteiger partial charge on any atom is -0.395 e. The second-order valence-electron chi connectivity index (χ2n) is 8.93. The van der Waals surface area contributed by atoms with Crippen LogP contribution in [0.5, 0.6) is 0 Å². The predicted molar refractivity (Wildman–Crippen MR) is 137 cm³/mol. The summed E-state index contributed by atoms with van der Waals surface area (Å²) in [5.74, 6) is 0.554. The van der Waals surface area contributed by atoms with Crippen molar-refractivity contribution in [1.29, 1.82) is 0 Å². The fourth-order valence-electron chi connectivity index (χ4n) is 4.44. The summed E-state index contributed by atoms with van der Waals surface area (Å²) < 4.78 is 27.0. The van der Waals surface area contributed by atoms with Crippen molar-refractivity contribution in [1.82, 2.24) is 9.97 Å². The van der Waals surface area contributed by atoms with E-state index in [2.05, 4.69) is 42.4 Å². The molecule has 4 bridgehead atoms. The van der Waals surface area contributed by atoms with Crippen molar-refractivity contribution in [2.75, 3.05) is 52.2 Å². The molecule has 188 valence electrons. The van der Waals surface area contributed by atoms with Crippen molar-refractivity contribution < 1.29 is 18.3 Å². The minimum absolute atomic E-state index is 0.331. The number of allylic oxidation sites excluding steroid dienone is 1. The number of hydrogen-bond donors (Lipinski definition) is 4. The molecule has 1 saturated heterocycles. The molecule has 1 aromatic heterocycles. The van der Waals surface area contributed by atoms with Crippen LogP contribution in [0, 0.1) is 12.8 Å². The van der Waals surface area contributed by atoms with Gasteiger partial charge in [-0.2, -0.15) is 4.98 Å². The third kappa shape index (κ3) is 6.70. The predicted octanol–water partition coefficient (Wildman–Crippen LogP) is 2.75. The van der Waals surface area contributed by atoms with E-state index in [1.807, 2.05) is 6.92 Å². The fourth-order valence-corrected chi connectivity index (χ4v) is 5.27. The summed E-state index contributed by atoms with van der Waals surface area (Å²) in [5.41, 5.74) is 2.17. The Morgan fingerprint density at radius 3 is 2.91 bits per heavy atom. The van der Waals surface area contributed by atoms with Gasteiger partial charge in [0.1, 0.15) is 5.82 Å². The third-order valence-corrected chi connectivity index (χ3v) is 7.33. The van der Waals surface area contributed by atoms with Crippen LogP contribution in [-0.2, 0) is 10.0 Å². The molecule has 4 rings (SSSR count). The van der Waals surface area contributed by atoms with Gasteiger partial charge in [-0.1, -0.05) is 12.2 Å². The monoisotopic (exact) mass is 500 g/mol. The van der Waals surface area contributed by atoms with Crippen molar-refractivity contribution in [3.05, 3.63) is 47.7 Å². The summed E-state index contributed by atoms with van der Waals surface area (Å²) in [6, 6.07) is 6.60. The van der Waals surface area contributed by atoms with Gasteiger partial charge < -0.3 is 20.6 Å². The number of anilines is 4. The number of piperidine rings is 1. The van der Waals surface area contributed by atoms with Gasteiger partial charge >= 0.3 is 0 Å². The normalized spacial score (nSPS) is 19.8. The maximum absolute atomic E-state index is 13.4. The van der Waals surface area contributed by atoms with Crippen molar-refractivity contribution in [3.8, 4) is 0 Å². The number of nitrogens with zero attached hydrogens (tertiary/aromatic N) is 3. The van der Waals surface area contributed by atoms with E-state index in [-0.39, 0.29) is 5.91 Å². The van der Waals surface area contributed by atoms with Crippen molar-refractivity contribution in [2.45, 2.75) is 32.6 Å². The Kier molecular flexibility index (Phi) is 7.86. The van der Waals surface area contributed by atoms with Crippen molar-refractivity contribution in [3.63, 3.8) is 0 Å². The number of aromatic nitrogens is 2. The highest BCUT2D eigenvalue weighted by molar-refractivity contribution is 7.92. The van der Waals surface area contributed by atoms with Crippen LogP contribution in [0.1, 0.15) is 41.7 Å². The first-order valence-corrected chi connectivity index (χ1v) is 13.5. The Hall–Kier alpha value is -3.18. The van der Waals surface area contributed by atoms with Crippen LogP contribution in [0.2, 0.25) is 0 Å². The molecule has 1 aromatic carbocycles. The van der Waals surface area contributed by atoms with Gasteiger partial charge in [0, 0.05) is 31.4 Å². The molecular weight excluding hydrogens is 468 g/mol. The second kappa shape index (κ2) is 11.0. The van der Waals surface area contributed by atoms with E-state index in [0.717, 1.165) is 44.5 Å². The number of nitrogens with one attached hydrogen (secondary N) is 3. The van der Waals surface area contributed by atoms with Crippen LogP contribution in [0.4, 0.5) is 23.1 Å². The topological polar surface area (TPSA) is 137 Å². The fraction of sp³-hybridized carbons (Fsp3) is 0.458. The first kappa shape index (κ1) is 24.9. The first-order chi connectivity index (χ1) is 16.8. The van der Waals surface area contributed by atoms with Gasteiger partial charge in [-0.3, -0.25) is 9.52 Å². The van der Waals surface area contributed by atoms with E-state index >= 15 is 0 Å². The maximum atomic E-state index is 13.4. The van der Waals surface area contributed by atoms with E-state index in [1.54, 1.807) is 24.3 Å². The van der Waals surface area contributed by atoms with Crippen LogP contribution in [0.25, 0.3) is 0 Å². The molecule has 0 spiro atoms. The smallest absolute Gasteiger partial charge is 0.258 e. The number of amides is 1. The molecule has 1 atom stereocenters. The Bertz CT molecular complexity index is 1200. The molecule has 0 saturated carbocycles. The molecule has 35 heavy (non-hydrogen) atoms. The molecule has 4 N–H and O–H groups in total. The van der Waals surface area contributed by atoms with E-state index in [9.17, 15) is 13.2 Å². The molecule has 1 fully saturated rings. The zero-order chi connectivity index (χ0) is 24.8. The zero-order valence-corrected chi connectivity index (χ0v) is 20.6. The van der Waals surface area contributed by atoms with Gasteiger partial charge in [0.2, 0.25) is 16.0 Å². The molecule has 3 heterocycles. The summed E-state index contributed by atoms with van der Waals surface area (Å²) >= 11 is 0. The molecule has 2 aliphatic heterocycles. The third-order valence-electron chi connectivity index (χ3n) is 6.06. The highest BCUT2D eigenvalue weighted by atomic mass is 32.2. The number of hydrogen-bond acceptors (Lipinski definition) is 8. The molecule has 2 aliphatic rings. The Morgan fingerprint density at radius 2 is 2.09 bits per heavy atom. The quantitative estimate of drug-likeness (QED) is 0.471. The number of carbonyl (C=O) groups is 1. The largest absolute Gasteiger partial charge is 0.395 e. The van der Waals surface area contributed by atoms with Crippen LogP contribution in [0.3, 0.4) is 0 Å². The van der Waals surface area contributed by atoms with Gasteiger partial charge in [-0.05, 0) is 56.7 Å². The summed E-state index contributed by atoms with van der Waals surface area (Å²) in [4.78, 5) is 24.4. The summed E-state index contributed by atoms with van der Waals surface area (Å²) in [7, 11) is -3.69. The first-order valence-electron chi connectivity index (χ1n) is 11.9. The van der Waals surface area contributed by atoms with Gasteiger partial charge in [-0.25, -0.2) is 13.4 Å². The Balaban J connectivity index is 1.72. The average Bonchev–Trinajstić information content (AvgIpc) is 2.80. The zero-order valence-electron chi connectivity index (χ0n) is 19.8. The lowest BCUT2D eigenvalue weighted by Gasteiger charge is -2.35. The molecule has 1 amide bonds. The lowest BCUT2D eigenvalue weighted by atomic mass is 9.93. The number of rotatable bonds is 4. The number of aliphatic hydroxyl groups is 1. The van der Waals surface area contributed by atoms with Gasteiger partial charge in [-0.15, -0.1) is 0 Å². The van der Waals surface area contributed by atoms with Crippen LogP contribution < -0.4 is 20.3 Å². The standard InChI is InChI=1S/C24H32N6O4S/c1-17-14-22-27-23(32)20-9-8-19(29-35(33,34)13-12-31)15-21(20)30-11-5-7-18(16-30)6-3-2-4-10-25-24(26-17)28-22/h2-3,8-9,14-15,18,29,31H,4-7,10-13,16H2,1H3,(H2,25,26,27,28,32)/b3-2-/t18-/m1/s1. The number of aliphatic hydroxyl groups excluding tert-OH is 1. The number of aryl methyl sites for hydroxylation is 1. The SMILES string of the molecule is Cc1cc2nc(n1)NCC/C=C\C[C@@H]1CCCN(C1)c1cc(NS(=O)(=O)CCO)ccc1C(=O)N2. The van der Waals surface area contributed by atoms with Crippen molar-refractivity contribution >= 4 is 39.1 Å². The highest BCUT2D eigenvalue weighted by Gasteiger charge is 2.25. The molecule has 0 unspecified atom stereocenters. The molecular formula is C24H32N6O4S. The van der Waals surface area contributed by atoms with Gasteiger partial charge in [0.25, 0.3) is 5.91 Å². The average molecular weight is 501 g/mol. The number of sulfonamides is 1. The molecule has 10 nitrogen and oxygen atoms in total. The van der Waals surface area contributed by atoms with Crippen molar-refractivity contribution in [2.24, 2.45) is 5.92 Å². The number of benzene rings is 1. The number of fused-ring (bicyclic) bond motifs is 6. The van der Waals surface area contributed by atoms with Crippen LogP contribution in [0.15, 0.2) is 36.4 Å². The lowest BCUT2D eigenvalue weighted by Crippen LogP contribution is -2.36. The minimum atomic E-state index is -3.69. The maximum Gasteiger partial charge on any atom is 0.258 e. The van der Waals surface area contributed by atoms with E-state index < -0.39 is 22.4 Å². The molecule has 0 radical (unpaired) electrons. The van der Waals surface area contributed by atoms with Crippen LogP contribution >= 0.6 is 0 Å². The van der Waals surface area contributed by atoms with Crippen LogP contribution in [-0.4, -0.2) is 61.4 Å². The molecule has 0 aliphatic carbocycles. The highest BCUT2D eigenvalue weighted by Crippen LogP contribution is 2.31. The van der Waals surface area contributed by atoms with Gasteiger partial charge in [0.05, 0.1) is 29.3 Å². The summed E-state index contributed by atoms with van der Waals surface area (Å²) in [5, 5.41) is 15.1. The van der Waals surface area contributed by atoms with E-state index in [0.29, 0.717) is 41.2 Å². The Labute approximate surface area is 205 Å². The molecule has 2 aromatic rings. The van der Waals surface area contributed by atoms with Gasteiger partial charge in [0.15, 0.2) is 0 Å². The summed E-state index contributed by atoms with van der Waals surface area (Å²) in [6.45, 7) is 3.61. The Morgan fingerprint density at radius 1 is 1.23 bits per heavy atom. The summed E-state index contributed by atoms with van der Waals surface area (Å²) in [6.07, 6.45) is 8.23. The molecule has 11 heteroatoms.